The number of hydrogen-bond donors (Lipinski definition) is 5. The Labute approximate surface area is 257 Å². The summed E-state index contributed by atoms with van der Waals surface area (Å²) in [5.74, 6) is -2.36. The molecule has 1 amide bonds. The van der Waals surface area contributed by atoms with Gasteiger partial charge in [0.25, 0.3) is 10.0 Å². The van der Waals surface area contributed by atoms with Gasteiger partial charge in [-0.15, -0.1) is 0 Å². The minimum absolute atomic E-state index is 0.171. The van der Waals surface area contributed by atoms with E-state index in [2.05, 4.69) is 28.5 Å². The first-order chi connectivity index (χ1) is 21.0. The molecule has 3 aromatic carbocycles. The number of aromatic nitrogens is 1. The van der Waals surface area contributed by atoms with Gasteiger partial charge in [-0.3, -0.25) is 4.72 Å². The molecule has 4 aromatic rings. The summed E-state index contributed by atoms with van der Waals surface area (Å²) >= 11 is 0. The Kier molecular flexibility index (Phi) is 11.2. The number of nitrogens with one attached hydrogen (secondary N) is 2. The maximum Gasteiger partial charge on any atom is 0.490 e. The first-order valence-electron chi connectivity index (χ1n) is 13.4. The molecule has 0 saturated heterocycles. The number of aliphatic carboxylic acids is 1. The lowest BCUT2D eigenvalue weighted by Crippen LogP contribution is -2.42. The Hall–Kier alpha value is -4.60. The van der Waals surface area contributed by atoms with Crippen molar-refractivity contribution in [3.63, 3.8) is 0 Å². The third-order valence-electron chi connectivity index (χ3n) is 6.53. The normalized spacial score (nSPS) is 12.6. The van der Waals surface area contributed by atoms with Gasteiger partial charge in [0.15, 0.2) is 0 Å². The summed E-state index contributed by atoms with van der Waals surface area (Å²) in [6.45, 7) is 5.15. The number of fused-ring (bicyclic) bond motifs is 1. The van der Waals surface area contributed by atoms with Crippen LogP contribution in [0.25, 0.3) is 10.9 Å². The molecule has 1 aromatic heterocycles. The molecule has 0 unspecified atom stereocenters. The molecule has 1 atom stereocenters. The Morgan fingerprint density at radius 3 is 2.29 bits per heavy atom. The summed E-state index contributed by atoms with van der Waals surface area (Å²) in [7, 11) is -3.72. The fourth-order valence-electron chi connectivity index (χ4n) is 4.16. The van der Waals surface area contributed by atoms with E-state index in [4.69, 9.17) is 20.4 Å². The Bertz CT molecular complexity index is 1730. The van der Waals surface area contributed by atoms with E-state index in [9.17, 15) is 31.5 Å². The fraction of sp³-hybridized carbons (Fsp3) is 0.267. The zero-order valence-corrected chi connectivity index (χ0v) is 25.1. The maximum atomic E-state index is 12.6. The van der Waals surface area contributed by atoms with Gasteiger partial charge in [-0.1, -0.05) is 30.3 Å². The Morgan fingerprint density at radius 2 is 1.67 bits per heavy atom. The zero-order chi connectivity index (χ0) is 33.4. The van der Waals surface area contributed by atoms with E-state index in [0.717, 1.165) is 23.9 Å². The van der Waals surface area contributed by atoms with Gasteiger partial charge in [0.2, 0.25) is 0 Å². The number of rotatable bonds is 11. The summed E-state index contributed by atoms with van der Waals surface area (Å²) in [4.78, 5) is 20.1. The predicted octanol–water partition coefficient (Wildman–Crippen LogP) is 5.02. The minimum Gasteiger partial charge on any atom is -0.475 e. The molecule has 45 heavy (non-hydrogen) atoms. The van der Waals surface area contributed by atoms with E-state index in [0.29, 0.717) is 23.5 Å². The number of carbonyl (C=O) groups excluding carboxylic acids is 1. The minimum atomic E-state index is -5.08. The summed E-state index contributed by atoms with van der Waals surface area (Å²) in [6, 6.07) is 22.2. The SMILES string of the molecule is CC(C)(CCn1ccc2cc(OC(N)=O)ccc21)NC[C@H](O)c1cccc(NS(=O)(=O)c2ccccc2)c1.O=C(O)C(F)(F)F. The quantitative estimate of drug-likeness (QED) is 0.150. The molecular weight excluding hydrogens is 617 g/mol. The number of sulfonamides is 1. The Morgan fingerprint density at radius 1 is 1.00 bits per heavy atom. The largest absolute Gasteiger partial charge is 0.490 e. The fourth-order valence-corrected chi connectivity index (χ4v) is 5.23. The van der Waals surface area contributed by atoms with Gasteiger partial charge < -0.3 is 30.6 Å². The van der Waals surface area contributed by atoms with E-state index in [1.54, 1.807) is 54.6 Å². The number of ether oxygens (including phenoxy) is 1. The molecule has 0 aliphatic carbocycles. The number of anilines is 1. The number of nitrogens with zero attached hydrogens (tertiary/aromatic N) is 1. The second-order valence-corrected chi connectivity index (χ2v) is 12.2. The number of primary amides is 1. The molecular formula is C30H33F3N4O7S. The van der Waals surface area contributed by atoms with Crippen molar-refractivity contribution in [3.05, 3.63) is 90.6 Å². The van der Waals surface area contributed by atoms with Crippen LogP contribution >= 0.6 is 0 Å². The monoisotopic (exact) mass is 650 g/mol. The summed E-state index contributed by atoms with van der Waals surface area (Å²) in [5, 5.41) is 22.3. The van der Waals surface area contributed by atoms with E-state index in [-0.39, 0.29) is 10.4 Å². The molecule has 0 saturated carbocycles. The predicted molar refractivity (Wildman–Crippen MR) is 161 cm³/mol. The number of nitrogens with two attached hydrogens (primary N) is 1. The van der Waals surface area contributed by atoms with Crippen molar-refractivity contribution in [1.29, 1.82) is 0 Å². The van der Waals surface area contributed by atoms with Gasteiger partial charge in [-0.05, 0) is 74.4 Å². The third-order valence-corrected chi connectivity index (χ3v) is 7.93. The number of aryl methyl sites for hydroxylation is 1. The van der Waals surface area contributed by atoms with Crippen LogP contribution < -0.4 is 20.5 Å². The number of carboxylic acid groups (broad SMARTS) is 1. The van der Waals surface area contributed by atoms with Crippen LogP contribution in [0.2, 0.25) is 0 Å². The third kappa shape index (κ3) is 10.5. The highest BCUT2D eigenvalue weighted by molar-refractivity contribution is 7.92. The van der Waals surface area contributed by atoms with Crippen molar-refractivity contribution in [2.75, 3.05) is 11.3 Å². The van der Waals surface area contributed by atoms with E-state index in [1.807, 2.05) is 18.3 Å². The van der Waals surface area contributed by atoms with Crippen molar-refractivity contribution < 1.29 is 46.1 Å². The number of carboxylic acids is 1. The van der Waals surface area contributed by atoms with Crippen LogP contribution in [-0.4, -0.2) is 53.5 Å². The highest BCUT2D eigenvalue weighted by Gasteiger charge is 2.38. The summed E-state index contributed by atoms with van der Waals surface area (Å²) < 4.78 is 66.7. The standard InChI is InChI=1S/C28H32N4O5S.C2HF3O2/c1-28(2,14-16-32-15-13-20-18-23(37-27(29)34)11-12-25(20)32)30-19-26(33)21-7-6-8-22(17-21)31-38(35,36)24-9-4-3-5-10-24;3-2(4,5)1(6)7/h3-13,15,17-18,26,30-31,33H,14,16,19H2,1-2H3,(H2,29,34);(H,6,7)/t26-;/m0./s1. The molecule has 1 heterocycles. The highest BCUT2D eigenvalue weighted by Crippen LogP contribution is 2.25. The number of amides is 1. The van der Waals surface area contributed by atoms with E-state index in [1.165, 1.54) is 12.1 Å². The molecule has 4 rings (SSSR count). The maximum absolute atomic E-state index is 12.6. The molecule has 15 heteroatoms. The van der Waals surface area contributed by atoms with Gasteiger partial charge in [-0.25, -0.2) is 18.0 Å². The van der Waals surface area contributed by atoms with Crippen LogP contribution in [0.1, 0.15) is 31.9 Å². The first kappa shape index (κ1) is 34.9. The van der Waals surface area contributed by atoms with Gasteiger partial charge in [0, 0.05) is 41.4 Å². The van der Waals surface area contributed by atoms with Crippen molar-refractivity contribution in [2.24, 2.45) is 5.73 Å². The Balaban J connectivity index is 0.000000707. The van der Waals surface area contributed by atoms with Crippen molar-refractivity contribution in [2.45, 2.75) is 49.5 Å². The number of halogens is 3. The second kappa shape index (κ2) is 14.5. The molecule has 0 aliphatic rings. The van der Waals surface area contributed by atoms with Crippen LogP contribution in [0.5, 0.6) is 5.75 Å². The number of β-amino-alcohol motifs (C(OH)–C–C–N with tert-alkyl or cyclic N) is 1. The van der Waals surface area contributed by atoms with Crippen molar-refractivity contribution in [1.82, 2.24) is 9.88 Å². The van der Waals surface area contributed by atoms with Crippen LogP contribution in [0, 0.1) is 0 Å². The average molecular weight is 651 g/mol. The lowest BCUT2D eigenvalue weighted by molar-refractivity contribution is -0.192. The number of benzene rings is 3. The van der Waals surface area contributed by atoms with Gasteiger partial charge in [0.1, 0.15) is 5.75 Å². The number of aliphatic hydroxyl groups excluding tert-OH is 1. The first-order valence-corrected chi connectivity index (χ1v) is 14.9. The average Bonchev–Trinajstić information content (AvgIpc) is 3.37. The van der Waals surface area contributed by atoms with Crippen LogP contribution in [-0.2, 0) is 21.4 Å². The second-order valence-electron chi connectivity index (χ2n) is 10.5. The molecule has 0 bridgehead atoms. The molecule has 11 nitrogen and oxygen atoms in total. The molecule has 0 radical (unpaired) electrons. The highest BCUT2D eigenvalue weighted by atomic mass is 32.2. The van der Waals surface area contributed by atoms with Gasteiger partial charge in [-0.2, -0.15) is 13.2 Å². The number of carbonyl (C=O) groups is 2. The zero-order valence-electron chi connectivity index (χ0n) is 24.3. The van der Waals surface area contributed by atoms with Crippen molar-refractivity contribution >= 4 is 38.7 Å². The van der Waals surface area contributed by atoms with Crippen LogP contribution in [0.3, 0.4) is 0 Å². The van der Waals surface area contributed by atoms with E-state index < -0.39 is 34.4 Å². The molecule has 242 valence electrons. The lowest BCUT2D eigenvalue weighted by atomic mass is 9.99. The number of aliphatic hydroxyl groups is 1. The molecule has 0 spiro atoms. The van der Waals surface area contributed by atoms with Crippen molar-refractivity contribution in [3.8, 4) is 5.75 Å². The summed E-state index contributed by atoms with van der Waals surface area (Å²) in [5.41, 5.74) is 6.79. The van der Waals surface area contributed by atoms with Gasteiger partial charge in [0.05, 0.1) is 11.0 Å². The lowest BCUT2D eigenvalue weighted by Gasteiger charge is -2.28. The molecule has 0 fully saturated rings. The molecule has 6 N–H and O–H groups in total. The summed E-state index contributed by atoms with van der Waals surface area (Å²) in [6.07, 6.45) is -4.00. The van der Waals surface area contributed by atoms with Gasteiger partial charge >= 0.3 is 18.2 Å². The van der Waals surface area contributed by atoms with Crippen LogP contribution in [0.15, 0.2) is 90.0 Å². The van der Waals surface area contributed by atoms with Crippen LogP contribution in [0.4, 0.5) is 23.7 Å². The van der Waals surface area contributed by atoms with E-state index >= 15 is 0 Å². The number of hydrogen-bond acceptors (Lipinski definition) is 7. The number of alkyl halides is 3. The topological polar surface area (TPSA) is 173 Å². The molecule has 0 aliphatic heterocycles. The smallest absolute Gasteiger partial charge is 0.475 e.